The minimum absolute atomic E-state index is 0.143. The number of carbonyl (C=O) groups excluding carboxylic acids is 2. The van der Waals surface area contributed by atoms with Crippen LogP contribution in [0.5, 0.6) is 11.5 Å². The molecule has 3 amide bonds. The number of β-lactam (4-membered cyclic amide) rings is 1. The number of carboxylic acid groups (broad SMARTS) is 1. The van der Waals surface area contributed by atoms with Gasteiger partial charge in [0.25, 0.3) is 0 Å². The number of hydrogen-bond donors (Lipinski definition) is 2. The molecule has 4 rings (SSSR count). The van der Waals surface area contributed by atoms with Gasteiger partial charge in [-0.1, -0.05) is 19.9 Å². The van der Waals surface area contributed by atoms with Gasteiger partial charge in [-0.05, 0) is 48.7 Å². The molecule has 176 valence electrons. The Morgan fingerprint density at radius 2 is 1.82 bits per heavy atom. The van der Waals surface area contributed by atoms with E-state index in [0.29, 0.717) is 10.5 Å². The van der Waals surface area contributed by atoms with E-state index < -0.39 is 42.2 Å². The van der Waals surface area contributed by atoms with Crippen molar-refractivity contribution in [2.24, 2.45) is 5.92 Å². The monoisotopic (exact) mass is 463 g/mol. The number of nitrogens with zero attached hydrogens (tertiary/aromatic N) is 2. The van der Waals surface area contributed by atoms with Gasteiger partial charge in [0.15, 0.2) is 17.5 Å². The Kier molecular flexibility index (Phi) is 6.80. The first-order valence-electron chi connectivity index (χ1n) is 10.3. The largest absolute Gasteiger partial charge is 0.586 e. The van der Waals surface area contributed by atoms with Crippen molar-refractivity contribution in [2.45, 2.75) is 45.6 Å². The molecular weight excluding hydrogens is 440 g/mol. The number of carboxylic acids is 1. The third kappa shape index (κ3) is 4.86. The molecule has 9 nitrogen and oxygen atoms in total. The van der Waals surface area contributed by atoms with Gasteiger partial charge in [-0.25, -0.2) is 14.5 Å². The quantitative estimate of drug-likeness (QED) is 0.653. The minimum Gasteiger partial charge on any atom is -0.480 e. The van der Waals surface area contributed by atoms with Crippen LogP contribution in [0.15, 0.2) is 42.7 Å². The number of nitrogens with one attached hydrogen (secondary N) is 1. The molecule has 0 bridgehead atoms. The van der Waals surface area contributed by atoms with E-state index in [1.165, 1.54) is 30.6 Å². The lowest BCUT2D eigenvalue weighted by Crippen LogP contribution is -2.68. The lowest BCUT2D eigenvalue weighted by atomic mass is 9.82. The molecule has 2 aliphatic rings. The van der Waals surface area contributed by atoms with Crippen molar-refractivity contribution in [3.05, 3.63) is 53.9 Å². The standard InChI is InChI=1S/C20H17F2N3O6.C2H6/c1-10(12-2-3-14-15(9-12)31-20(21,22)30-14)24-19(29)25-16(18(27)28)13(17(25)26)8-11-4-6-23-7-5-11;1-2/h2-7,9-10,13,16H,8H2,1H3,(H,24,29)(H,27,28);1-2H3/t10?,13-,16?;/m1./s1. The second kappa shape index (κ2) is 9.39. The fourth-order valence-corrected chi connectivity index (χ4v) is 3.60. The summed E-state index contributed by atoms with van der Waals surface area (Å²) in [4.78, 5) is 41.4. The molecule has 0 spiro atoms. The van der Waals surface area contributed by atoms with Crippen molar-refractivity contribution in [3.8, 4) is 11.5 Å². The van der Waals surface area contributed by atoms with E-state index in [9.17, 15) is 28.3 Å². The lowest BCUT2D eigenvalue weighted by molar-refractivity contribution is -0.286. The summed E-state index contributed by atoms with van der Waals surface area (Å²) in [5.74, 6) is -3.13. The first-order chi connectivity index (χ1) is 15.7. The summed E-state index contributed by atoms with van der Waals surface area (Å²) in [5.41, 5.74) is 1.13. The van der Waals surface area contributed by atoms with Crippen LogP contribution in [0.1, 0.15) is 37.9 Å². The SMILES string of the molecule is CC.CC(NC(=O)N1C(=O)[C@H](Cc2ccncc2)C1C(=O)O)c1ccc2c(c1)OC(F)(F)O2. The number of carbonyl (C=O) groups is 3. The zero-order valence-corrected chi connectivity index (χ0v) is 18.1. The number of likely N-dealkylation sites (tertiary alicyclic amines) is 1. The molecule has 11 heteroatoms. The maximum absolute atomic E-state index is 13.2. The van der Waals surface area contributed by atoms with Gasteiger partial charge in [-0.15, -0.1) is 8.78 Å². The normalized spacial score (nSPS) is 20.8. The Hall–Kier alpha value is -3.76. The van der Waals surface area contributed by atoms with Gasteiger partial charge in [-0.2, -0.15) is 0 Å². The maximum Gasteiger partial charge on any atom is 0.586 e. The van der Waals surface area contributed by atoms with E-state index in [4.69, 9.17) is 0 Å². The molecule has 1 aromatic heterocycles. The van der Waals surface area contributed by atoms with Crippen LogP contribution in [-0.4, -0.2) is 45.2 Å². The third-order valence-electron chi connectivity index (χ3n) is 5.16. The predicted octanol–water partition coefficient (Wildman–Crippen LogP) is 3.35. The summed E-state index contributed by atoms with van der Waals surface area (Å²) in [6.45, 7) is 5.56. The summed E-state index contributed by atoms with van der Waals surface area (Å²) in [6.07, 6.45) is -0.548. The van der Waals surface area contributed by atoms with Crippen LogP contribution in [0.4, 0.5) is 13.6 Å². The number of imide groups is 1. The molecule has 3 heterocycles. The van der Waals surface area contributed by atoms with E-state index in [1.807, 2.05) is 13.8 Å². The van der Waals surface area contributed by atoms with E-state index >= 15 is 0 Å². The average Bonchev–Trinajstić information content (AvgIpc) is 3.10. The molecule has 1 aromatic carbocycles. The fraction of sp³-hybridized carbons (Fsp3) is 0.364. The number of pyridine rings is 1. The minimum atomic E-state index is -3.77. The number of aliphatic carboxylic acids is 1. The topological polar surface area (TPSA) is 118 Å². The van der Waals surface area contributed by atoms with Crippen molar-refractivity contribution >= 4 is 17.9 Å². The number of hydrogen-bond acceptors (Lipinski definition) is 6. The number of ether oxygens (including phenoxy) is 2. The van der Waals surface area contributed by atoms with E-state index in [-0.39, 0.29) is 17.9 Å². The van der Waals surface area contributed by atoms with Crippen molar-refractivity contribution < 1.29 is 37.7 Å². The van der Waals surface area contributed by atoms with Gasteiger partial charge in [-0.3, -0.25) is 9.78 Å². The summed E-state index contributed by atoms with van der Waals surface area (Å²) in [7, 11) is 0. The number of amides is 3. The van der Waals surface area contributed by atoms with Gasteiger partial charge >= 0.3 is 18.3 Å². The first kappa shape index (κ1) is 23.9. The van der Waals surface area contributed by atoms with Gasteiger partial charge in [0.05, 0.1) is 12.0 Å². The number of halogens is 2. The molecule has 33 heavy (non-hydrogen) atoms. The van der Waals surface area contributed by atoms with Gasteiger partial charge in [0, 0.05) is 12.4 Å². The third-order valence-corrected chi connectivity index (χ3v) is 5.16. The van der Waals surface area contributed by atoms with Crippen molar-refractivity contribution in [1.82, 2.24) is 15.2 Å². The fourth-order valence-electron chi connectivity index (χ4n) is 3.60. The van der Waals surface area contributed by atoms with Gasteiger partial charge in [0.2, 0.25) is 5.91 Å². The molecule has 1 fully saturated rings. The average molecular weight is 463 g/mol. The highest BCUT2D eigenvalue weighted by Gasteiger charge is 2.54. The molecule has 2 aliphatic heterocycles. The number of benzene rings is 1. The molecular formula is C22H23F2N3O6. The number of fused-ring (bicyclic) bond motifs is 1. The summed E-state index contributed by atoms with van der Waals surface area (Å²) >= 11 is 0. The van der Waals surface area contributed by atoms with Crippen molar-refractivity contribution in [2.75, 3.05) is 0 Å². The molecule has 0 radical (unpaired) electrons. The Labute approximate surface area is 188 Å². The zero-order chi connectivity index (χ0) is 24.3. The first-order valence-corrected chi connectivity index (χ1v) is 10.3. The Morgan fingerprint density at radius 3 is 2.45 bits per heavy atom. The van der Waals surface area contributed by atoms with Crippen LogP contribution in [0.3, 0.4) is 0 Å². The number of rotatable bonds is 5. The Balaban J connectivity index is 0.00000149. The van der Waals surface area contributed by atoms with Crippen LogP contribution in [0.25, 0.3) is 0 Å². The van der Waals surface area contributed by atoms with Crippen LogP contribution >= 0.6 is 0 Å². The number of alkyl halides is 2. The van der Waals surface area contributed by atoms with Crippen molar-refractivity contribution in [3.63, 3.8) is 0 Å². The summed E-state index contributed by atoms with van der Waals surface area (Å²) < 4.78 is 35.1. The van der Waals surface area contributed by atoms with E-state index in [0.717, 1.165) is 5.56 Å². The van der Waals surface area contributed by atoms with Gasteiger partial charge < -0.3 is 19.9 Å². The van der Waals surface area contributed by atoms with Crippen molar-refractivity contribution in [1.29, 1.82) is 0 Å². The highest BCUT2D eigenvalue weighted by molar-refractivity contribution is 6.07. The molecule has 2 N–H and O–H groups in total. The van der Waals surface area contributed by atoms with Gasteiger partial charge in [0.1, 0.15) is 0 Å². The highest BCUT2D eigenvalue weighted by atomic mass is 19.3. The predicted molar refractivity (Wildman–Crippen MR) is 111 cm³/mol. The Morgan fingerprint density at radius 1 is 1.18 bits per heavy atom. The summed E-state index contributed by atoms with van der Waals surface area (Å²) in [5, 5.41) is 12.1. The second-order valence-corrected chi connectivity index (χ2v) is 7.20. The lowest BCUT2D eigenvalue weighted by Gasteiger charge is -2.43. The van der Waals surface area contributed by atoms with E-state index in [1.54, 1.807) is 19.1 Å². The smallest absolute Gasteiger partial charge is 0.480 e. The van der Waals surface area contributed by atoms with Crippen LogP contribution in [0, 0.1) is 5.92 Å². The number of urea groups is 1. The molecule has 0 saturated carbocycles. The maximum atomic E-state index is 13.2. The summed E-state index contributed by atoms with van der Waals surface area (Å²) in [6, 6.07) is 4.40. The molecule has 0 aliphatic carbocycles. The molecule has 3 atom stereocenters. The number of aromatic nitrogens is 1. The van der Waals surface area contributed by atoms with Crippen LogP contribution in [-0.2, 0) is 16.0 Å². The molecule has 2 unspecified atom stereocenters. The highest BCUT2D eigenvalue weighted by Crippen LogP contribution is 2.42. The van der Waals surface area contributed by atoms with E-state index in [2.05, 4.69) is 19.8 Å². The van der Waals surface area contributed by atoms with Crippen LogP contribution < -0.4 is 14.8 Å². The Bertz CT molecular complexity index is 1050. The zero-order valence-electron chi connectivity index (χ0n) is 18.1. The van der Waals surface area contributed by atoms with Crippen LogP contribution in [0.2, 0.25) is 0 Å². The molecule has 1 saturated heterocycles. The molecule has 2 aromatic rings. The second-order valence-electron chi connectivity index (χ2n) is 7.20.